The monoisotopic (exact) mass is 287 g/mol. The number of rotatable bonds is 2. The van der Waals surface area contributed by atoms with Crippen molar-refractivity contribution < 1.29 is 5.11 Å². The molecule has 2 N–H and O–H groups in total. The fourth-order valence-electron chi connectivity index (χ4n) is 4.02. The molecule has 6 nitrogen and oxygen atoms in total. The molecule has 3 heterocycles. The number of H-pyrrole nitrogens is 1. The first kappa shape index (κ1) is 13.0. The summed E-state index contributed by atoms with van der Waals surface area (Å²) in [5, 5.41) is 10.2. The van der Waals surface area contributed by atoms with E-state index in [4.69, 9.17) is 0 Å². The predicted molar refractivity (Wildman–Crippen MR) is 80.0 cm³/mol. The number of fused-ring (bicyclic) bond motifs is 1. The van der Waals surface area contributed by atoms with E-state index in [0.717, 1.165) is 17.8 Å². The average molecular weight is 287 g/mol. The molecule has 2 aromatic heterocycles. The largest absolute Gasteiger partial charge is 0.391 e. The lowest BCUT2D eigenvalue weighted by molar-refractivity contribution is 0.185. The van der Waals surface area contributed by atoms with E-state index in [0.29, 0.717) is 24.2 Å². The molecule has 1 saturated carbocycles. The number of hydrogen-bond acceptors (Lipinski definition) is 5. The second kappa shape index (κ2) is 5.26. The van der Waals surface area contributed by atoms with Crippen LogP contribution in [0.4, 0.5) is 5.82 Å². The Kier molecular flexibility index (Phi) is 3.25. The molecule has 2 aromatic rings. The highest BCUT2D eigenvalue weighted by Gasteiger charge is 2.38. The first-order valence-corrected chi connectivity index (χ1v) is 7.91. The minimum atomic E-state index is -0.259. The van der Waals surface area contributed by atoms with E-state index in [9.17, 15) is 5.11 Å². The van der Waals surface area contributed by atoms with Gasteiger partial charge in [0.15, 0.2) is 11.5 Å². The van der Waals surface area contributed by atoms with Crippen molar-refractivity contribution in [2.75, 3.05) is 11.4 Å². The van der Waals surface area contributed by atoms with Crippen LogP contribution in [0.2, 0.25) is 0 Å². The highest BCUT2D eigenvalue weighted by Crippen LogP contribution is 2.37. The molecule has 1 aliphatic heterocycles. The number of hydrogen-bond donors (Lipinski definition) is 2. The Morgan fingerprint density at radius 2 is 2.00 bits per heavy atom. The third kappa shape index (κ3) is 2.27. The van der Waals surface area contributed by atoms with Crippen LogP contribution in [0.3, 0.4) is 0 Å². The van der Waals surface area contributed by atoms with Gasteiger partial charge in [0.2, 0.25) is 0 Å². The Hall–Kier alpha value is -1.69. The van der Waals surface area contributed by atoms with E-state index >= 15 is 0 Å². The van der Waals surface area contributed by atoms with Gasteiger partial charge in [0.1, 0.15) is 11.8 Å². The highest BCUT2D eigenvalue weighted by atomic mass is 16.3. The van der Waals surface area contributed by atoms with Gasteiger partial charge in [0.25, 0.3) is 0 Å². The molecule has 21 heavy (non-hydrogen) atoms. The number of β-amino-alcohol motifs (C(OH)–C–C–N with tert-alkyl or cyclic N) is 1. The molecule has 0 spiro atoms. The van der Waals surface area contributed by atoms with Gasteiger partial charge in [-0.2, -0.15) is 0 Å². The van der Waals surface area contributed by atoms with Crippen molar-refractivity contribution in [2.45, 2.75) is 50.7 Å². The van der Waals surface area contributed by atoms with Crippen LogP contribution in [0.5, 0.6) is 0 Å². The van der Waals surface area contributed by atoms with Crippen molar-refractivity contribution in [1.82, 2.24) is 19.9 Å². The fraction of sp³-hybridized carbons (Fsp3) is 0.667. The van der Waals surface area contributed by atoms with E-state index in [1.807, 2.05) is 0 Å². The zero-order valence-electron chi connectivity index (χ0n) is 12.1. The van der Waals surface area contributed by atoms with Crippen molar-refractivity contribution in [3.05, 3.63) is 12.7 Å². The summed E-state index contributed by atoms with van der Waals surface area (Å²) in [4.78, 5) is 18.3. The Labute approximate surface area is 123 Å². The Morgan fingerprint density at radius 1 is 1.14 bits per heavy atom. The zero-order valence-corrected chi connectivity index (χ0v) is 12.1. The van der Waals surface area contributed by atoms with Gasteiger partial charge >= 0.3 is 0 Å². The third-order valence-electron chi connectivity index (χ3n) is 4.99. The highest BCUT2D eigenvalue weighted by molar-refractivity contribution is 5.83. The molecule has 4 rings (SSSR count). The molecule has 0 aromatic carbocycles. The number of nitrogens with zero attached hydrogens (tertiary/aromatic N) is 4. The Morgan fingerprint density at radius 3 is 2.86 bits per heavy atom. The molecule has 1 saturated heterocycles. The number of aliphatic hydroxyl groups is 1. The Balaban J connectivity index is 1.69. The van der Waals surface area contributed by atoms with Crippen LogP contribution in [-0.4, -0.2) is 43.7 Å². The predicted octanol–water partition coefficient (Wildman–Crippen LogP) is 1.87. The van der Waals surface area contributed by atoms with Crippen LogP contribution in [0.1, 0.15) is 38.5 Å². The van der Waals surface area contributed by atoms with Gasteiger partial charge in [-0.1, -0.05) is 19.3 Å². The topological polar surface area (TPSA) is 77.9 Å². The zero-order chi connectivity index (χ0) is 14.2. The van der Waals surface area contributed by atoms with Crippen molar-refractivity contribution in [1.29, 1.82) is 0 Å². The lowest BCUT2D eigenvalue weighted by atomic mass is 9.83. The number of anilines is 1. The van der Waals surface area contributed by atoms with Gasteiger partial charge in [-0.05, 0) is 25.2 Å². The number of nitrogens with one attached hydrogen (secondary N) is 1. The normalized spacial score (nSPS) is 27.6. The minimum absolute atomic E-state index is 0.259. The van der Waals surface area contributed by atoms with Gasteiger partial charge in [-0.25, -0.2) is 15.0 Å². The molecular weight excluding hydrogens is 266 g/mol. The summed E-state index contributed by atoms with van der Waals surface area (Å²) < 4.78 is 0. The SMILES string of the molecule is O[C@H]1C[C@H](C2CCCCC2)N(c2ncnc3nc[nH]c23)C1. The number of imidazole rings is 1. The minimum Gasteiger partial charge on any atom is -0.391 e. The average Bonchev–Trinajstić information content (AvgIpc) is 3.14. The van der Waals surface area contributed by atoms with Crippen LogP contribution in [0.15, 0.2) is 12.7 Å². The van der Waals surface area contributed by atoms with Gasteiger partial charge in [-0.3, -0.25) is 0 Å². The van der Waals surface area contributed by atoms with E-state index in [1.165, 1.54) is 32.1 Å². The van der Waals surface area contributed by atoms with Gasteiger partial charge < -0.3 is 15.0 Å². The fourth-order valence-corrected chi connectivity index (χ4v) is 4.02. The number of aliphatic hydroxyl groups excluding tert-OH is 1. The molecule has 2 fully saturated rings. The summed E-state index contributed by atoms with van der Waals surface area (Å²) in [6, 6.07) is 0.390. The maximum atomic E-state index is 10.2. The second-order valence-electron chi connectivity index (χ2n) is 6.31. The van der Waals surface area contributed by atoms with Crippen LogP contribution in [-0.2, 0) is 0 Å². The molecule has 0 amide bonds. The van der Waals surface area contributed by atoms with Crippen LogP contribution < -0.4 is 4.90 Å². The first-order chi connectivity index (χ1) is 10.3. The van der Waals surface area contributed by atoms with E-state index in [2.05, 4.69) is 24.8 Å². The maximum absolute atomic E-state index is 10.2. The molecule has 0 radical (unpaired) electrons. The van der Waals surface area contributed by atoms with Gasteiger partial charge in [0, 0.05) is 12.6 Å². The van der Waals surface area contributed by atoms with E-state index in [-0.39, 0.29) is 6.10 Å². The molecule has 0 bridgehead atoms. The summed E-state index contributed by atoms with van der Waals surface area (Å²) in [5.41, 5.74) is 1.58. The number of aromatic amines is 1. The summed E-state index contributed by atoms with van der Waals surface area (Å²) in [5.74, 6) is 1.56. The number of aromatic nitrogens is 4. The van der Waals surface area contributed by atoms with Crippen molar-refractivity contribution in [2.24, 2.45) is 5.92 Å². The van der Waals surface area contributed by atoms with Crippen molar-refractivity contribution in [3.63, 3.8) is 0 Å². The van der Waals surface area contributed by atoms with E-state index in [1.54, 1.807) is 12.7 Å². The standard InChI is InChI=1S/C15H21N5O/c21-11-6-12(10-4-2-1-3-5-10)20(7-11)15-13-14(17-8-16-13)18-9-19-15/h8-12,21H,1-7H2,(H,16,17,18,19)/t11-,12+/m0/s1. The molecule has 2 aliphatic rings. The molecular formula is C15H21N5O. The summed E-state index contributed by atoms with van der Waals surface area (Å²) in [7, 11) is 0. The van der Waals surface area contributed by atoms with Crippen LogP contribution in [0, 0.1) is 5.92 Å². The molecule has 2 atom stereocenters. The molecule has 112 valence electrons. The lowest BCUT2D eigenvalue weighted by Gasteiger charge is -2.34. The van der Waals surface area contributed by atoms with Crippen molar-refractivity contribution >= 4 is 17.0 Å². The van der Waals surface area contributed by atoms with E-state index < -0.39 is 0 Å². The van der Waals surface area contributed by atoms with Gasteiger partial charge in [0.05, 0.1) is 12.4 Å². The Bertz CT molecular complexity index is 621. The first-order valence-electron chi connectivity index (χ1n) is 7.91. The van der Waals surface area contributed by atoms with Gasteiger partial charge in [-0.15, -0.1) is 0 Å². The molecule has 0 unspecified atom stereocenters. The van der Waals surface area contributed by atoms with Crippen LogP contribution in [0.25, 0.3) is 11.2 Å². The maximum Gasteiger partial charge on any atom is 0.182 e. The quantitative estimate of drug-likeness (QED) is 0.881. The second-order valence-corrected chi connectivity index (χ2v) is 6.31. The summed E-state index contributed by atoms with van der Waals surface area (Å²) in [6.45, 7) is 0.659. The van der Waals surface area contributed by atoms with Crippen molar-refractivity contribution in [3.8, 4) is 0 Å². The molecule has 6 heteroatoms. The smallest absolute Gasteiger partial charge is 0.182 e. The summed E-state index contributed by atoms with van der Waals surface area (Å²) >= 11 is 0. The lowest BCUT2D eigenvalue weighted by Crippen LogP contribution is -2.37. The molecule has 1 aliphatic carbocycles. The van der Waals surface area contributed by atoms with Crippen LogP contribution >= 0.6 is 0 Å². The third-order valence-corrected chi connectivity index (χ3v) is 4.99. The summed E-state index contributed by atoms with van der Waals surface area (Å²) in [6.07, 6.45) is 10.3.